The molecule has 0 spiro atoms. The third kappa shape index (κ3) is 2.16. The molecule has 1 aliphatic heterocycles. The van der Waals surface area contributed by atoms with Crippen molar-refractivity contribution in [3.8, 4) is 0 Å². The number of hydrogen-bond donors (Lipinski definition) is 0. The van der Waals surface area contributed by atoms with Crippen molar-refractivity contribution in [2.75, 3.05) is 13.7 Å². The molecule has 0 aliphatic carbocycles. The highest BCUT2D eigenvalue weighted by atomic mass is 16.6. The third-order valence-corrected chi connectivity index (χ3v) is 2.88. The van der Waals surface area contributed by atoms with E-state index in [9.17, 15) is 9.59 Å². The van der Waals surface area contributed by atoms with E-state index in [1.54, 1.807) is 6.92 Å². The average molecular weight is 249 g/mol. The number of cyclic esters (lactones) is 1. The van der Waals surface area contributed by atoms with Crippen molar-refractivity contribution >= 4 is 12.1 Å². The van der Waals surface area contributed by atoms with Gasteiger partial charge in [0.05, 0.1) is 6.61 Å². The highest BCUT2D eigenvalue weighted by molar-refractivity contribution is 5.85. The number of carbonyl (C=O) groups excluding carboxylic acids is 2. The fraction of sp³-hybridized carbons (Fsp3) is 0.385. The zero-order chi connectivity index (χ0) is 13.1. The van der Waals surface area contributed by atoms with Crippen LogP contribution < -0.4 is 0 Å². The molecule has 1 saturated heterocycles. The van der Waals surface area contributed by atoms with E-state index >= 15 is 0 Å². The molecule has 5 heteroatoms. The lowest BCUT2D eigenvalue weighted by Crippen LogP contribution is -2.38. The summed E-state index contributed by atoms with van der Waals surface area (Å²) in [5, 5.41) is 0. The van der Waals surface area contributed by atoms with E-state index in [-0.39, 0.29) is 6.61 Å². The Morgan fingerprint density at radius 3 is 2.67 bits per heavy atom. The van der Waals surface area contributed by atoms with Gasteiger partial charge in [-0.15, -0.1) is 0 Å². The number of nitrogens with zero attached hydrogens (tertiary/aromatic N) is 1. The lowest BCUT2D eigenvalue weighted by molar-refractivity contribution is -0.148. The topological polar surface area (TPSA) is 55.8 Å². The minimum absolute atomic E-state index is 0.277. The number of hydrogen-bond acceptors (Lipinski definition) is 4. The molecule has 0 radical (unpaired) electrons. The van der Waals surface area contributed by atoms with Gasteiger partial charge in [0, 0.05) is 7.05 Å². The first-order valence-corrected chi connectivity index (χ1v) is 5.80. The number of likely N-dealkylation sites (N-methyl/N-ethyl adjacent to an activating group) is 1. The van der Waals surface area contributed by atoms with E-state index < -0.39 is 24.2 Å². The smallest absolute Gasteiger partial charge is 0.411 e. The van der Waals surface area contributed by atoms with Crippen LogP contribution in [-0.2, 0) is 14.3 Å². The molecule has 0 bridgehead atoms. The van der Waals surface area contributed by atoms with Crippen molar-refractivity contribution in [1.82, 2.24) is 4.90 Å². The molecule has 1 heterocycles. The number of benzene rings is 1. The van der Waals surface area contributed by atoms with Crippen molar-refractivity contribution < 1.29 is 19.1 Å². The molecule has 0 aromatic heterocycles. The Morgan fingerprint density at radius 2 is 2.06 bits per heavy atom. The lowest BCUT2D eigenvalue weighted by Gasteiger charge is -2.19. The summed E-state index contributed by atoms with van der Waals surface area (Å²) in [4.78, 5) is 24.7. The molecule has 1 aliphatic rings. The number of esters is 1. The first-order valence-electron chi connectivity index (χ1n) is 5.80. The Labute approximate surface area is 105 Å². The van der Waals surface area contributed by atoms with Gasteiger partial charge in [0.25, 0.3) is 0 Å². The summed E-state index contributed by atoms with van der Waals surface area (Å²) in [5.41, 5.74) is 0.785. The van der Waals surface area contributed by atoms with Gasteiger partial charge in [-0.1, -0.05) is 30.3 Å². The quantitative estimate of drug-likeness (QED) is 0.766. The van der Waals surface area contributed by atoms with Crippen LogP contribution in [0.4, 0.5) is 4.79 Å². The zero-order valence-electron chi connectivity index (χ0n) is 10.3. The van der Waals surface area contributed by atoms with Gasteiger partial charge in [-0.3, -0.25) is 4.90 Å². The van der Waals surface area contributed by atoms with Gasteiger partial charge in [-0.25, -0.2) is 9.59 Å². The van der Waals surface area contributed by atoms with E-state index in [0.717, 1.165) is 5.56 Å². The Morgan fingerprint density at radius 1 is 1.39 bits per heavy atom. The minimum Gasteiger partial charge on any atom is -0.464 e. The number of rotatable bonds is 3. The normalized spacial score (nSPS) is 22.8. The van der Waals surface area contributed by atoms with Gasteiger partial charge in [-0.05, 0) is 12.5 Å². The summed E-state index contributed by atoms with van der Waals surface area (Å²) in [6.07, 6.45) is -1.12. The SMILES string of the molecule is CCOC(=O)[C@@H]1[C@@H](c2ccccc2)OC(=O)N1C. The monoisotopic (exact) mass is 249 g/mol. The molecule has 0 unspecified atom stereocenters. The second-order valence-electron chi connectivity index (χ2n) is 4.02. The molecule has 1 amide bonds. The average Bonchev–Trinajstić information content (AvgIpc) is 2.67. The van der Waals surface area contributed by atoms with Crippen molar-refractivity contribution in [3.05, 3.63) is 35.9 Å². The summed E-state index contributed by atoms with van der Waals surface area (Å²) < 4.78 is 10.2. The van der Waals surface area contributed by atoms with Gasteiger partial charge >= 0.3 is 12.1 Å². The predicted molar refractivity (Wildman–Crippen MR) is 63.8 cm³/mol. The maximum atomic E-state index is 11.9. The van der Waals surface area contributed by atoms with Gasteiger partial charge < -0.3 is 9.47 Å². The first kappa shape index (κ1) is 12.4. The van der Waals surface area contributed by atoms with Gasteiger partial charge in [0.1, 0.15) is 0 Å². The Kier molecular flexibility index (Phi) is 3.50. The van der Waals surface area contributed by atoms with Gasteiger partial charge in [0.2, 0.25) is 0 Å². The molecule has 0 N–H and O–H groups in total. The molecule has 1 aromatic rings. The number of ether oxygens (including phenoxy) is 2. The largest absolute Gasteiger partial charge is 0.464 e. The predicted octanol–water partition coefficient (Wildman–Crippen LogP) is 1.74. The Hall–Kier alpha value is -2.04. The summed E-state index contributed by atoms with van der Waals surface area (Å²) >= 11 is 0. The molecule has 0 saturated carbocycles. The summed E-state index contributed by atoms with van der Waals surface area (Å²) in [5.74, 6) is -0.445. The van der Waals surface area contributed by atoms with Crippen LogP contribution in [0.2, 0.25) is 0 Å². The second-order valence-corrected chi connectivity index (χ2v) is 4.02. The molecule has 18 heavy (non-hydrogen) atoms. The van der Waals surface area contributed by atoms with Crippen LogP contribution in [0.5, 0.6) is 0 Å². The first-order chi connectivity index (χ1) is 8.65. The van der Waals surface area contributed by atoms with E-state index in [2.05, 4.69) is 0 Å². The van der Waals surface area contributed by atoms with Crippen molar-refractivity contribution in [2.45, 2.75) is 19.1 Å². The molecule has 2 atom stereocenters. The molecule has 2 rings (SSSR count). The Bertz CT molecular complexity index is 446. The maximum absolute atomic E-state index is 11.9. The van der Waals surface area contributed by atoms with Crippen molar-refractivity contribution in [3.63, 3.8) is 0 Å². The van der Waals surface area contributed by atoms with Gasteiger partial charge in [-0.2, -0.15) is 0 Å². The number of carbonyl (C=O) groups is 2. The summed E-state index contributed by atoms with van der Waals surface area (Å²) in [7, 11) is 1.53. The molecular formula is C13H15NO4. The third-order valence-electron chi connectivity index (χ3n) is 2.88. The molecular weight excluding hydrogens is 234 g/mol. The Balaban J connectivity index is 2.28. The molecule has 1 aromatic carbocycles. The van der Waals surface area contributed by atoms with Crippen molar-refractivity contribution in [1.29, 1.82) is 0 Å². The van der Waals surface area contributed by atoms with E-state index in [1.807, 2.05) is 30.3 Å². The highest BCUT2D eigenvalue weighted by Gasteiger charge is 2.45. The standard InChI is InChI=1S/C13H15NO4/c1-3-17-12(15)10-11(18-13(16)14(10)2)9-7-5-4-6-8-9/h4-8,10-11H,3H2,1-2H3/t10-,11+/m0/s1. The number of amides is 1. The lowest BCUT2D eigenvalue weighted by atomic mass is 10.0. The minimum atomic E-state index is -0.722. The van der Waals surface area contributed by atoms with Crippen LogP contribution in [0.3, 0.4) is 0 Å². The van der Waals surface area contributed by atoms with E-state index in [4.69, 9.17) is 9.47 Å². The van der Waals surface area contributed by atoms with Crippen LogP contribution in [0.15, 0.2) is 30.3 Å². The fourth-order valence-corrected chi connectivity index (χ4v) is 1.98. The zero-order valence-corrected chi connectivity index (χ0v) is 10.3. The van der Waals surface area contributed by atoms with Crippen molar-refractivity contribution in [2.24, 2.45) is 0 Å². The molecule has 1 fully saturated rings. The van der Waals surface area contributed by atoms with Crippen LogP contribution in [0.25, 0.3) is 0 Å². The van der Waals surface area contributed by atoms with Crippen LogP contribution in [0, 0.1) is 0 Å². The van der Waals surface area contributed by atoms with E-state index in [0.29, 0.717) is 0 Å². The summed E-state index contributed by atoms with van der Waals surface area (Å²) in [6.45, 7) is 2.01. The van der Waals surface area contributed by atoms with Gasteiger partial charge in [0.15, 0.2) is 12.1 Å². The van der Waals surface area contributed by atoms with Crippen LogP contribution >= 0.6 is 0 Å². The van der Waals surface area contributed by atoms with Crippen LogP contribution in [-0.4, -0.2) is 36.7 Å². The van der Waals surface area contributed by atoms with Crippen LogP contribution in [0.1, 0.15) is 18.6 Å². The molecule has 5 nitrogen and oxygen atoms in total. The fourth-order valence-electron chi connectivity index (χ4n) is 1.98. The highest BCUT2D eigenvalue weighted by Crippen LogP contribution is 2.32. The second kappa shape index (κ2) is 5.08. The maximum Gasteiger partial charge on any atom is 0.411 e. The molecule has 96 valence electrons. The van der Waals surface area contributed by atoms with E-state index in [1.165, 1.54) is 11.9 Å². The summed E-state index contributed by atoms with van der Waals surface area (Å²) in [6, 6.07) is 8.46.